The van der Waals surface area contributed by atoms with Gasteiger partial charge < -0.3 is 10.6 Å². The zero-order valence-corrected chi connectivity index (χ0v) is 9.21. The summed E-state index contributed by atoms with van der Waals surface area (Å²) < 4.78 is 36.8. The maximum Gasteiger partial charge on any atom is 0.416 e. The Kier molecular flexibility index (Phi) is 4.54. The van der Waals surface area contributed by atoms with Crippen molar-refractivity contribution < 1.29 is 18.0 Å². The minimum atomic E-state index is -4.37. The zero-order chi connectivity index (χ0) is 13.6. The van der Waals surface area contributed by atoms with E-state index in [4.69, 9.17) is 5.26 Å². The predicted octanol–water partition coefficient (Wildman–Crippen LogP) is 1.76. The number of rotatable bonds is 4. The third kappa shape index (κ3) is 4.33. The van der Waals surface area contributed by atoms with E-state index in [0.29, 0.717) is 5.69 Å². The van der Waals surface area contributed by atoms with Crippen LogP contribution in [0.2, 0.25) is 0 Å². The van der Waals surface area contributed by atoms with Crippen molar-refractivity contribution in [2.24, 2.45) is 0 Å². The topological polar surface area (TPSA) is 64.9 Å². The summed E-state index contributed by atoms with van der Waals surface area (Å²) in [6.07, 6.45) is -4.37. The Morgan fingerprint density at radius 3 is 2.39 bits per heavy atom. The second-order valence-electron chi connectivity index (χ2n) is 3.36. The van der Waals surface area contributed by atoms with Crippen LogP contribution in [0, 0.1) is 11.3 Å². The molecule has 4 nitrogen and oxygen atoms in total. The largest absolute Gasteiger partial charge is 0.416 e. The van der Waals surface area contributed by atoms with Gasteiger partial charge in [0.2, 0.25) is 5.91 Å². The molecule has 2 N–H and O–H groups in total. The highest BCUT2D eigenvalue weighted by atomic mass is 19.4. The minimum absolute atomic E-state index is 0.104. The first-order valence-corrected chi connectivity index (χ1v) is 4.98. The van der Waals surface area contributed by atoms with Crippen molar-refractivity contribution in [3.8, 4) is 6.07 Å². The third-order valence-electron chi connectivity index (χ3n) is 2.03. The van der Waals surface area contributed by atoms with Crippen LogP contribution in [0.1, 0.15) is 5.56 Å². The number of halogens is 3. The van der Waals surface area contributed by atoms with Crippen LogP contribution in [-0.2, 0) is 11.0 Å². The van der Waals surface area contributed by atoms with Gasteiger partial charge in [-0.3, -0.25) is 4.79 Å². The number of hydrogen-bond acceptors (Lipinski definition) is 3. The summed E-state index contributed by atoms with van der Waals surface area (Å²) in [5.41, 5.74) is -0.350. The highest BCUT2D eigenvalue weighted by Crippen LogP contribution is 2.29. The Labute approximate surface area is 101 Å². The highest BCUT2D eigenvalue weighted by molar-refractivity contribution is 5.80. The lowest BCUT2D eigenvalue weighted by atomic mass is 10.2. The molecule has 1 aromatic carbocycles. The van der Waals surface area contributed by atoms with Gasteiger partial charge in [-0.05, 0) is 24.3 Å². The van der Waals surface area contributed by atoms with Crippen LogP contribution in [-0.4, -0.2) is 19.0 Å². The molecule has 0 aliphatic heterocycles. The SMILES string of the molecule is N#CCNC(=O)CNc1ccc(C(F)(F)F)cc1. The van der Waals surface area contributed by atoms with E-state index in [-0.39, 0.29) is 13.1 Å². The molecule has 0 spiro atoms. The molecule has 1 amide bonds. The van der Waals surface area contributed by atoms with Crippen LogP contribution in [0.4, 0.5) is 18.9 Å². The van der Waals surface area contributed by atoms with Crippen molar-refractivity contribution in [3.05, 3.63) is 29.8 Å². The van der Waals surface area contributed by atoms with Crippen molar-refractivity contribution in [3.63, 3.8) is 0 Å². The van der Waals surface area contributed by atoms with E-state index in [1.54, 1.807) is 6.07 Å². The van der Waals surface area contributed by atoms with Gasteiger partial charge in [-0.1, -0.05) is 0 Å². The van der Waals surface area contributed by atoms with E-state index in [2.05, 4.69) is 10.6 Å². The molecule has 0 aromatic heterocycles. The lowest BCUT2D eigenvalue weighted by Crippen LogP contribution is -2.29. The summed E-state index contributed by atoms with van der Waals surface area (Å²) in [6, 6.07) is 6.06. The first-order chi connectivity index (χ1) is 8.43. The minimum Gasteiger partial charge on any atom is -0.376 e. The molecule has 0 unspecified atom stereocenters. The molecule has 0 fully saturated rings. The summed E-state index contributed by atoms with van der Waals surface area (Å²) in [6.45, 7) is -0.208. The second-order valence-corrected chi connectivity index (χ2v) is 3.36. The van der Waals surface area contributed by atoms with Crippen molar-refractivity contribution in [1.82, 2.24) is 5.32 Å². The van der Waals surface area contributed by atoms with Crippen LogP contribution < -0.4 is 10.6 Å². The Bertz CT molecular complexity index is 448. The van der Waals surface area contributed by atoms with Gasteiger partial charge in [0.15, 0.2) is 0 Å². The van der Waals surface area contributed by atoms with Gasteiger partial charge in [0.1, 0.15) is 6.54 Å². The van der Waals surface area contributed by atoms with Gasteiger partial charge in [-0.25, -0.2) is 0 Å². The maximum atomic E-state index is 12.3. The van der Waals surface area contributed by atoms with Crippen LogP contribution in [0.3, 0.4) is 0 Å². The number of alkyl halides is 3. The molecular formula is C11H10F3N3O. The molecule has 0 atom stereocenters. The van der Waals surface area contributed by atoms with Gasteiger partial charge in [0, 0.05) is 5.69 Å². The summed E-state index contributed by atoms with van der Waals surface area (Å²) in [4.78, 5) is 11.1. The normalized spacial score (nSPS) is 10.6. The third-order valence-corrected chi connectivity index (χ3v) is 2.03. The van der Waals surface area contributed by atoms with E-state index < -0.39 is 17.6 Å². The number of carbonyl (C=O) groups is 1. The van der Waals surface area contributed by atoms with Crippen LogP contribution in [0.25, 0.3) is 0 Å². The molecule has 1 aromatic rings. The smallest absolute Gasteiger partial charge is 0.376 e. The highest BCUT2D eigenvalue weighted by Gasteiger charge is 2.29. The molecule has 0 radical (unpaired) electrons. The molecule has 0 heterocycles. The number of anilines is 1. The van der Waals surface area contributed by atoms with Crippen LogP contribution in [0.5, 0.6) is 0 Å². The van der Waals surface area contributed by atoms with E-state index in [9.17, 15) is 18.0 Å². The summed E-state index contributed by atoms with van der Waals surface area (Å²) in [7, 11) is 0. The molecule has 0 aliphatic rings. The van der Waals surface area contributed by atoms with Crippen LogP contribution >= 0.6 is 0 Å². The maximum absolute atomic E-state index is 12.3. The lowest BCUT2D eigenvalue weighted by molar-refractivity contribution is -0.137. The Balaban J connectivity index is 2.50. The van der Waals surface area contributed by atoms with E-state index >= 15 is 0 Å². The van der Waals surface area contributed by atoms with E-state index in [1.165, 1.54) is 12.1 Å². The van der Waals surface area contributed by atoms with Crippen molar-refractivity contribution in [1.29, 1.82) is 5.26 Å². The molecule has 0 bridgehead atoms. The average molecular weight is 257 g/mol. The quantitative estimate of drug-likeness (QED) is 0.808. The van der Waals surface area contributed by atoms with Crippen molar-refractivity contribution >= 4 is 11.6 Å². The number of carbonyl (C=O) groups excluding carboxylic acids is 1. The number of hydrogen-bond donors (Lipinski definition) is 2. The number of nitriles is 1. The number of nitrogens with one attached hydrogen (secondary N) is 2. The van der Waals surface area contributed by atoms with Gasteiger partial charge in [0.05, 0.1) is 18.2 Å². The number of nitrogens with zero attached hydrogens (tertiary/aromatic N) is 1. The fourth-order valence-corrected chi connectivity index (χ4v) is 1.16. The van der Waals surface area contributed by atoms with Gasteiger partial charge in [0.25, 0.3) is 0 Å². The van der Waals surface area contributed by atoms with Gasteiger partial charge >= 0.3 is 6.18 Å². The number of benzene rings is 1. The Morgan fingerprint density at radius 2 is 1.89 bits per heavy atom. The summed E-state index contributed by atoms with van der Waals surface area (Å²) in [5.74, 6) is -0.406. The fourth-order valence-electron chi connectivity index (χ4n) is 1.16. The first kappa shape index (κ1) is 13.8. The van der Waals surface area contributed by atoms with Crippen molar-refractivity contribution in [2.75, 3.05) is 18.4 Å². The van der Waals surface area contributed by atoms with Crippen LogP contribution in [0.15, 0.2) is 24.3 Å². The fraction of sp³-hybridized carbons (Fsp3) is 0.273. The lowest BCUT2D eigenvalue weighted by Gasteiger charge is -2.09. The molecular weight excluding hydrogens is 247 g/mol. The second kappa shape index (κ2) is 5.91. The summed E-state index contributed by atoms with van der Waals surface area (Å²) >= 11 is 0. The van der Waals surface area contributed by atoms with E-state index in [0.717, 1.165) is 12.1 Å². The molecule has 7 heteroatoms. The molecule has 0 saturated carbocycles. The monoisotopic (exact) mass is 257 g/mol. The first-order valence-electron chi connectivity index (χ1n) is 4.98. The average Bonchev–Trinajstić information content (AvgIpc) is 2.33. The Morgan fingerprint density at radius 1 is 1.28 bits per heavy atom. The molecule has 0 aliphatic carbocycles. The van der Waals surface area contributed by atoms with Crippen molar-refractivity contribution in [2.45, 2.75) is 6.18 Å². The zero-order valence-electron chi connectivity index (χ0n) is 9.21. The standard InChI is InChI=1S/C11H10F3N3O/c12-11(13,14)8-1-3-9(4-2-8)17-7-10(18)16-6-5-15/h1-4,17H,6-7H2,(H,16,18). The molecule has 0 saturated heterocycles. The van der Waals surface area contributed by atoms with Gasteiger partial charge in [-0.15, -0.1) is 0 Å². The van der Waals surface area contributed by atoms with E-state index in [1.807, 2.05) is 0 Å². The number of amides is 1. The van der Waals surface area contributed by atoms with Gasteiger partial charge in [-0.2, -0.15) is 18.4 Å². The molecule has 1 rings (SSSR count). The predicted molar refractivity (Wildman–Crippen MR) is 58.6 cm³/mol. The molecule has 96 valence electrons. The Hall–Kier alpha value is -2.23. The molecule has 18 heavy (non-hydrogen) atoms. The summed E-state index contributed by atoms with van der Waals surface area (Å²) in [5, 5.41) is 13.2.